The van der Waals surface area contributed by atoms with E-state index in [0.717, 1.165) is 36.1 Å². The van der Waals surface area contributed by atoms with Crippen LogP contribution in [0.1, 0.15) is 36.8 Å². The summed E-state index contributed by atoms with van der Waals surface area (Å²) in [4.78, 5) is 19.7. The topological polar surface area (TPSA) is 138 Å². The highest BCUT2D eigenvalue weighted by molar-refractivity contribution is 7.79. The largest absolute Gasteiger partial charge is 0.768 e. The van der Waals surface area contributed by atoms with E-state index in [9.17, 15) is 26.7 Å². The van der Waals surface area contributed by atoms with Gasteiger partial charge in [0.15, 0.2) is 23.1 Å². The Hall–Kier alpha value is -3.98. The molecule has 0 aliphatic carbocycles. The number of hydrogen-bond donors (Lipinski definition) is 3. The molecule has 3 N–H and O–H groups in total. The average molecular weight is 646 g/mol. The minimum atomic E-state index is -2.09. The quantitative estimate of drug-likeness (QED) is 0.209. The van der Waals surface area contributed by atoms with Crippen LogP contribution in [-0.4, -0.2) is 62.9 Å². The van der Waals surface area contributed by atoms with E-state index in [-0.39, 0.29) is 43.2 Å². The molecule has 2 aromatic heterocycles. The molecule has 3 atom stereocenters. The molecule has 2 saturated heterocycles. The van der Waals surface area contributed by atoms with E-state index in [1.54, 1.807) is 30.3 Å². The average Bonchev–Trinajstić information content (AvgIpc) is 3.43. The van der Waals surface area contributed by atoms with Gasteiger partial charge in [-0.3, -0.25) is 4.21 Å². The summed E-state index contributed by atoms with van der Waals surface area (Å²) in [6, 6.07) is 9.32. The number of nitrogens with zero attached hydrogens (tertiary/aromatic N) is 1. The Morgan fingerprint density at radius 2 is 1.91 bits per heavy atom. The maximum atomic E-state index is 14.9. The number of aromatic nitrogens is 2. The summed E-state index contributed by atoms with van der Waals surface area (Å²) < 4.78 is 80.6. The summed E-state index contributed by atoms with van der Waals surface area (Å²) >= 11 is -2.09. The van der Waals surface area contributed by atoms with Gasteiger partial charge in [-0.05, 0) is 61.5 Å². The lowest BCUT2D eigenvalue weighted by Gasteiger charge is -2.33. The molecule has 0 bridgehead atoms. The Labute approximate surface area is 260 Å². The smallest absolute Gasteiger partial charge is 0.319 e. The van der Waals surface area contributed by atoms with Crippen molar-refractivity contribution in [1.29, 1.82) is 0 Å². The first kappa shape index (κ1) is 32.4. The second-order valence-electron chi connectivity index (χ2n) is 11.0. The first-order valence-electron chi connectivity index (χ1n) is 14.2. The molecule has 2 amide bonds. The van der Waals surface area contributed by atoms with Crippen molar-refractivity contribution in [2.45, 2.75) is 49.3 Å². The van der Waals surface area contributed by atoms with Crippen LogP contribution in [-0.2, 0) is 20.6 Å². The van der Waals surface area contributed by atoms with Crippen molar-refractivity contribution in [3.8, 4) is 11.5 Å². The van der Waals surface area contributed by atoms with Gasteiger partial charge in [0, 0.05) is 47.6 Å². The molecular weight excluding hydrogens is 613 g/mol. The molecule has 10 nitrogen and oxygen atoms in total. The van der Waals surface area contributed by atoms with E-state index in [0.29, 0.717) is 22.5 Å². The summed E-state index contributed by atoms with van der Waals surface area (Å²) in [7, 11) is 0. The van der Waals surface area contributed by atoms with Gasteiger partial charge in [0.2, 0.25) is 0 Å². The van der Waals surface area contributed by atoms with Crippen molar-refractivity contribution in [3.63, 3.8) is 0 Å². The van der Waals surface area contributed by atoms with Crippen LogP contribution in [0, 0.1) is 18.6 Å². The number of alkyl halides is 1. The van der Waals surface area contributed by atoms with Crippen LogP contribution >= 0.6 is 0 Å². The van der Waals surface area contributed by atoms with Gasteiger partial charge >= 0.3 is 6.03 Å². The molecule has 2 fully saturated rings. The number of anilines is 1. The molecule has 14 heteroatoms. The van der Waals surface area contributed by atoms with E-state index >= 15 is 0 Å². The molecule has 0 saturated carbocycles. The van der Waals surface area contributed by atoms with E-state index in [2.05, 4.69) is 20.6 Å². The van der Waals surface area contributed by atoms with Crippen LogP contribution < -0.4 is 15.4 Å². The van der Waals surface area contributed by atoms with Crippen molar-refractivity contribution in [2.24, 2.45) is 0 Å². The SMILES string of the molecule is CC1OCCCC1c1c[nH]c2nccc(Oc3c(F)cc(NC(=O)NCC4(F)COC4)cc3F)c12.Cc1ccc(S(=O)[O-])cc1. The van der Waals surface area contributed by atoms with E-state index in [1.807, 2.05) is 20.0 Å². The van der Waals surface area contributed by atoms with Gasteiger partial charge in [0.1, 0.15) is 11.4 Å². The number of hydrogen-bond acceptors (Lipinski definition) is 7. The molecule has 2 aliphatic heterocycles. The van der Waals surface area contributed by atoms with Crippen LogP contribution in [0.3, 0.4) is 0 Å². The number of urea groups is 1. The lowest BCUT2D eigenvalue weighted by Crippen LogP contribution is -2.54. The highest BCUT2D eigenvalue weighted by atomic mass is 32.2. The predicted octanol–water partition coefficient (Wildman–Crippen LogP) is 6.01. The number of nitrogens with one attached hydrogen (secondary N) is 3. The normalized spacial score (nSPS) is 19.5. The number of ether oxygens (including phenoxy) is 3. The third-order valence-electron chi connectivity index (χ3n) is 7.54. The first-order valence-corrected chi connectivity index (χ1v) is 15.3. The van der Waals surface area contributed by atoms with Crippen LogP contribution in [0.25, 0.3) is 11.0 Å². The number of aromatic amines is 1. The summed E-state index contributed by atoms with van der Waals surface area (Å²) in [5, 5.41) is 5.25. The zero-order valence-electron chi connectivity index (χ0n) is 24.5. The second-order valence-corrected chi connectivity index (χ2v) is 11.9. The number of carbonyl (C=O) groups excluding carboxylic acids is 1. The monoisotopic (exact) mass is 645 g/mol. The van der Waals surface area contributed by atoms with Crippen molar-refractivity contribution < 1.29 is 40.9 Å². The van der Waals surface area contributed by atoms with Gasteiger partial charge in [-0.25, -0.2) is 22.9 Å². The maximum absolute atomic E-state index is 14.9. The molecule has 240 valence electrons. The number of amides is 2. The first-order chi connectivity index (χ1) is 21.5. The van der Waals surface area contributed by atoms with Crippen LogP contribution in [0.15, 0.2) is 59.8 Å². The number of aryl methyl sites for hydroxylation is 1. The zero-order chi connectivity index (χ0) is 32.1. The number of carbonyl (C=O) groups is 1. The fourth-order valence-corrected chi connectivity index (χ4v) is 5.45. The second kappa shape index (κ2) is 14.0. The van der Waals surface area contributed by atoms with Crippen molar-refractivity contribution >= 4 is 33.8 Å². The van der Waals surface area contributed by atoms with Gasteiger partial charge in [-0.15, -0.1) is 0 Å². The van der Waals surface area contributed by atoms with Gasteiger partial charge in [-0.2, -0.15) is 0 Å². The lowest BCUT2D eigenvalue weighted by molar-refractivity contribution is -0.125. The fraction of sp³-hybridized carbons (Fsp3) is 0.355. The Balaban J connectivity index is 0.000000342. The summed E-state index contributed by atoms with van der Waals surface area (Å²) in [5.41, 5.74) is 0.745. The van der Waals surface area contributed by atoms with Gasteiger partial charge < -0.3 is 34.4 Å². The van der Waals surface area contributed by atoms with Gasteiger partial charge in [0.25, 0.3) is 0 Å². The van der Waals surface area contributed by atoms with Crippen LogP contribution in [0.5, 0.6) is 11.5 Å². The molecule has 4 aromatic rings. The molecular formula is C31H32F3N4O6S-. The fourth-order valence-electron chi connectivity index (χ4n) is 5.09. The number of fused-ring (bicyclic) bond motifs is 1. The molecule has 6 rings (SSSR count). The number of pyridine rings is 1. The number of benzene rings is 2. The predicted molar refractivity (Wildman–Crippen MR) is 160 cm³/mol. The molecule has 4 heterocycles. The van der Waals surface area contributed by atoms with E-state index in [4.69, 9.17) is 14.2 Å². The van der Waals surface area contributed by atoms with Gasteiger partial charge in [0.05, 0.1) is 31.2 Å². The molecule has 45 heavy (non-hydrogen) atoms. The Bertz CT molecular complexity index is 1660. The highest BCUT2D eigenvalue weighted by Gasteiger charge is 2.39. The summed E-state index contributed by atoms with van der Waals surface area (Å²) in [6.07, 6.45) is 5.10. The molecule has 2 aliphatic rings. The minimum absolute atomic E-state index is 0.0233. The Kier molecular flexibility index (Phi) is 10.1. The van der Waals surface area contributed by atoms with Crippen molar-refractivity contribution in [2.75, 3.05) is 31.7 Å². The van der Waals surface area contributed by atoms with Gasteiger partial charge in [-0.1, -0.05) is 17.7 Å². The van der Waals surface area contributed by atoms with E-state index in [1.165, 1.54) is 6.20 Å². The highest BCUT2D eigenvalue weighted by Crippen LogP contribution is 2.40. The number of halogens is 3. The maximum Gasteiger partial charge on any atom is 0.319 e. The standard InChI is InChI=1S/C24H25F3N4O4.C7H8O2S/c1-13-15(3-2-6-34-13)16-9-29-22-20(16)19(4-5-28-22)35-21-17(25)7-14(8-18(21)26)31-23(32)30-10-24(27)11-33-12-24;1-6-2-4-7(5-3-6)10(8)9/h4-5,7-9,13,15H,2-3,6,10-12H2,1H3,(H,28,29)(H2,30,31,32);2-5H,1H3,(H,8,9)/p-1. The molecule has 2 aromatic carbocycles. The van der Waals surface area contributed by atoms with Crippen LogP contribution in [0.2, 0.25) is 0 Å². The summed E-state index contributed by atoms with van der Waals surface area (Å²) in [5.74, 6) is -2.30. The number of rotatable bonds is 7. The molecule has 3 unspecified atom stereocenters. The Morgan fingerprint density at radius 3 is 2.53 bits per heavy atom. The third kappa shape index (κ3) is 7.82. The molecule has 0 radical (unpaired) electrons. The third-order valence-corrected chi connectivity index (χ3v) is 8.20. The van der Waals surface area contributed by atoms with E-state index < -0.39 is 40.2 Å². The summed E-state index contributed by atoms with van der Waals surface area (Å²) in [6.45, 7) is 4.11. The number of H-pyrrole nitrogens is 1. The van der Waals surface area contributed by atoms with Crippen LogP contribution in [0.4, 0.5) is 23.7 Å². The minimum Gasteiger partial charge on any atom is -0.768 e. The zero-order valence-corrected chi connectivity index (χ0v) is 25.3. The lowest BCUT2D eigenvalue weighted by atomic mass is 9.88. The van der Waals surface area contributed by atoms with Crippen molar-refractivity contribution in [1.82, 2.24) is 15.3 Å². The Morgan fingerprint density at radius 1 is 1.20 bits per heavy atom. The van der Waals surface area contributed by atoms with Crippen molar-refractivity contribution in [3.05, 3.63) is 77.6 Å². The molecule has 0 spiro atoms.